The van der Waals surface area contributed by atoms with Crippen LogP contribution in [0.15, 0.2) is 18.2 Å². The first-order valence-electron chi connectivity index (χ1n) is 6.34. The summed E-state index contributed by atoms with van der Waals surface area (Å²) in [6.07, 6.45) is 4.37. The standard InChI is InChI=1S/C14H21ClFN/c1-3-12(17-4-2)7-5-6-11-8-9-14(16)13(15)10-11/h8-10,12,17H,3-7H2,1-2H3. The SMILES string of the molecule is CCNC(CC)CCCc1ccc(F)c(Cl)c1. The quantitative estimate of drug-likeness (QED) is 0.772. The number of halogens is 2. The summed E-state index contributed by atoms with van der Waals surface area (Å²) in [5.41, 5.74) is 1.11. The highest BCUT2D eigenvalue weighted by molar-refractivity contribution is 6.30. The summed E-state index contributed by atoms with van der Waals surface area (Å²) < 4.78 is 13.0. The molecule has 1 atom stereocenters. The van der Waals surface area contributed by atoms with Gasteiger partial charge in [-0.1, -0.05) is 31.5 Å². The van der Waals surface area contributed by atoms with Gasteiger partial charge in [0.2, 0.25) is 0 Å². The van der Waals surface area contributed by atoms with Crippen molar-refractivity contribution >= 4 is 11.6 Å². The summed E-state index contributed by atoms with van der Waals surface area (Å²) in [6.45, 7) is 5.34. The summed E-state index contributed by atoms with van der Waals surface area (Å²) in [4.78, 5) is 0. The van der Waals surface area contributed by atoms with Gasteiger partial charge in [-0.15, -0.1) is 0 Å². The van der Waals surface area contributed by atoms with Gasteiger partial charge in [0.25, 0.3) is 0 Å². The molecular weight excluding hydrogens is 237 g/mol. The number of nitrogens with one attached hydrogen (secondary N) is 1. The molecule has 1 N–H and O–H groups in total. The van der Waals surface area contributed by atoms with Crippen molar-refractivity contribution < 1.29 is 4.39 Å². The summed E-state index contributed by atoms with van der Waals surface area (Å²) in [5.74, 6) is -0.338. The second kappa shape index (κ2) is 7.67. The van der Waals surface area contributed by atoms with Crippen LogP contribution in [0.1, 0.15) is 38.7 Å². The zero-order valence-corrected chi connectivity index (χ0v) is 11.4. The molecule has 0 heterocycles. The van der Waals surface area contributed by atoms with Crippen molar-refractivity contribution in [1.82, 2.24) is 5.32 Å². The van der Waals surface area contributed by atoms with E-state index in [0.29, 0.717) is 6.04 Å². The molecule has 0 saturated carbocycles. The van der Waals surface area contributed by atoms with Crippen molar-refractivity contribution in [3.05, 3.63) is 34.6 Å². The average molecular weight is 258 g/mol. The van der Waals surface area contributed by atoms with Crippen LogP contribution in [0, 0.1) is 5.82 Å². The van der Waals surface area contributed by atoms with E-state index in [2.05, 4.69) is 19.2 Å². The van der Waals surface area contributed by atoms with Crippen molar-refractivity contribution in [2.24, 2.45) is 0 Å². The van der Waals surface area contributed by atoms with Crippen molar-refractivity contribution in [1.29, 1.82) is 0 Å². The Morgan fingerprint density at radius 3 is 2.71 bits per heavy atom. The fraction of sp³-hybridized carbons (Fsp3) is 0.571. The second-order valence-corrected chi connectivity index (χ2v) is 4.71. The molecule has 0 aliphatic rings. The zero-order chi connectivity index (χ0) is 12.7. The highest BCUT2D eigenvalue weighted by Gasteiger charge is 2.05. The molecule has 0 spiro atoms. The number of hydrogen-bond donors (Lipinski definition) is 1. The van der Waals surface area contributed by atoms with Crippen LogP contribution in [0.5, 0.6) is 0 Å². The largest absolute Gasteiger partial charge is 0.314 e. The molecule has 1 nitrogen and oxygen atoms in total. The molecule has 1 aromatic carbocycles. The summed E-state index contributed by atoms with van der Waals surface area (Å²) in [5, 5.41) is 3.68. The van der Waals surface area contributed by atoms with Crippen LogP contribution >= 0.6 is 11.6 Å². The highest BCUT2D eigenvalue weighted by atomic mass is 35.5. The van der Waals surface area contributed by atoms with Crippen molar-refractivity contribution in [3.63, 3.8) is 0 Å². The third-order valence-corrected chi connectivity index (χ3v) is 3.28. The molecule has 0 aliphatic carbocycles. The Morgan fingerprint density at radius 1 is 1.35 bits per heavy atom. The maximum absolute atomic E-state index is 13.0. The molecule has 1 aromatic rings. The van der Waals surface area contributed by atoms with Crippen LogP contribution < -0.4 is 5.32 Å². The Balaban J connectivity index is 2.37. The predicted octanol–water partition coefficient (Wildman–Crippen LogP) is 4.19. The fourth-order valence-corrected chi connectivity index (χ4v) is 2.19. The minimum atomic E-state index is -0.338. The minimum Gasteiger partial charge on any atom is -0.314 e. The molecule has 1 rings (SSSR count). The van der Waals surface area contributed by atoms with Gasteiger partial charge in [-0.05, 0) is 49.9 Å². The number of rotatable bonds is 7. The van der Waals surface area contributed by atoms with Crippen LogP contribution in [0.3, 0.4) is 0 Å². The van der Waals surface area contributed by atoms with E-state index in [1.165, 1.54) is 6.07 Å². The van der Waals surface area contributed by atoms with E-state index in [1.54, 1.807) is 6.07 Å². The first-order valence-corrected chi connectivity index (χ1v) is 6.72. The Kier molecular flexibility index (Phi) is 6.53. The second-order valence-electron chi connectivity index (χ2n) is 4.30. The molecule has 0 fully saturated rings. The normalized spacial score (nSPS) is 12.7. The van der Waals surface area contributed by atoms with Crippen molar-refractivity contribution in [2.45, 2.75) is 45.6 Å². The van der Waals surface area contributed by atoms with Gasteiger partial charge in [0.1, 0.15) is 5.82 Å². The van der Waals surface area contributed by atoms with Gasteiger partial charge >= 0.3 is 0 Å². The van der Waals surface area contributed by atoms with Gasteiger partial charge in [-0.3, -0.25) is 0 Å². The predicted molar refractivity (Wildman–Crippen MR) is 72.1 cm³/mol. The van der Waals surface area contributed by atoms with E-state index in [1.807, 2.05) is 6.07 Å². The Hall–Kier alpha value is -0.600. The van der Waals surface area contributed by atoms with Crippen LogP contribution in [0.2, 0.25) is 5.02 Å². The summed E-state index contributed by atoms with van der Waals surface area (Å²) in [6, 6.07) is 5.58. The van der Waals surface area contributed by atoms with Gasteiger partial charge in [0, 0.05) is 6.04 Å². The molecule has 0 saturated heterocycles. The molecule has 96 valence electrons. The Bertz CT molecular complexity index is 341. The minimum absolute atomic E-state index is 0.223. The lowest BCUT2D eigenvalue weighted by atomic mass is 10.0. The fourth-order valence-electron chi connectivity index (χ4n) is 1.99. The lowest BCUT2D eigenvalue weighted by Gasteiger charge is -2.15. The third-order valence-electron chi connectivity index (χ3n) is 2.99. The summed E-state index contributed by atoms with van der Waals surface area (Å²) >= 11 is 5.74. The number of benzene rings is 1. The number of aryl methyl sites for hydroxylation is 1. The molecular formula is C14H21ClFN. The first-order chi connectivity index (χ1) is 8.17. The van der Waals surface area contributed by atoms with Crippen molar-refractivity contribution in [2.75, 3.05) is 6.54 Å². The first kappa shape index (κ1) is 14.5. The monoisotopic (exact) mass is 257 g/mol. The lowest BCUT2D eigenvalue weighted by Crippen LogP contribution is -2.27. The molecule has 1 unspecified atom stereocenters. The van der Waals surface area contributed by atoms with E-state index >= 15 is 0 Å². The van der Waals surface area contributed by atoms with E-state index < -0.39 is 0 Å². The van der Waals surface area contributed by atoms with Gasteiger partial charge < -0.3 is 5.32 Å². The topological polar surface area (TPSA) is 12.0 Å². The van der Waals surface area contributed by atoms with Gasteiger partial charge in [-0.2, -0.15) is 0 Å². The highest BCUT2D eigenvalue weighted by Crippen LogP contribution is 2.17. The third kappa shape index (κ3) is 5.05. The molecule has 0 amide bonds. The zero-order valence-electron chi connectivity index (χ0n) is 10.6. The van der Waals surface area contributed by atoms with E-state index in [-0.39, 0.29) is 10.8 Å². The van der Waals surface area contributed by atoms with E-state index in [4.69, 9.17) is 11.6 Å². The van der Waals surface area contributed by atoms with Crippen LogP contribution in [-0.2, 0) is 6.42 Å². The van der Waals surface area contributed by atoms with E-state index in [0.717, 1.165) is 37.8 Å². The van der Waals surface area contributed by atoms with Crippen LogP contribution in [-0.4, -0.2) is 12.6 Å². The molecule has 0 radical (unpaired) electrons. The van der Waals surface area contributed by atoms with E-state index in [9.17, 15) is 4.39 Å². The smallest absolute Gasteiger partial charge is 0.141 e. The lowest BCUT2D eigenvalue weighted by molar-refractivity contribution is 0.467. The Labute approximate surface area is 108 Å². The number of hydrogen-bond acceptors (Lipinski definition) is 1. The summed E-state index contributed by atoms with van der Waals surface area (Å²) in [7, 11) is 0. The van der Waals surface area contributed by atoms with Gasteiger partial charge in [0.15, 0.2) is 0 Å². The molecule has 0 bridgehead atoms. The molecule has 17 heavy (non-hydrogen) atoms. The van der Waals surface area contributed by atoms with Gasteiger partial charge in [-0.25, -0.2) is 4.39 Å². The molecule has 3 heteroatoms. The van der Waals surface area contributed by atoms with Gasteiger partial charge in [0.05, 0.1) is 5.02 Å². The average Bonchev–Trinajstić information content (AvgIpc) is 2.32. The Morgan fingerprint density at radius 2 is 2.12 bits per heavy atom. The molecule has 0 aromatic heterocycles. The van der Waals surface area contributed by atoms with Crippen LogP contribution in [0.4, 0.5) is 4.39 Å². The maximum atomic E-state index is 13.0. The van der Waals surface area contributed by atoms with Crippen molar-refractivity contribution in [3.8, 4) is 0 Å². The molecule has 0 aliphatic heterocycles. The maximum Gasteiger partial charge on any atom is 0.141 e. The van der Waals surface area contributed by atoms with Crippen LogP contribution in [0.25, 0.3) is 0 Å².